The molecule has 8 nitrogen and oxygen atoms in total. The molecule has 32 heavy (non-hydrogen) atoms. The molecule has 1 amide bonds. The molecular weight excluding hydrogens is 452 g/mol. The fourth-order valence-electron chi connectivity index (χ4n) is 3.37. The number of nitrogens with one attached hydrogen (secondary N) is 1. The SMILES string of the molecule is CC(C)CN1C(=O)C(NCCc2ccc(OS(C)(=O)=O)cc2)=C(c2ccccc2)S1(O)O. The van der Waals surface area contributed by atoms with E-state index in [0.29, 0.717) is 18.5 Å². The smallest absolute Gasteiger partial charge is 0.306 e. The Kier molecular flexibility index (Phi) is 7.19. The molecular formula is C22H28N2O6S2. The number of carbonyl (C=O) groups excluding carboxylic acids is 1. The Hall–Kier alpha value is -2.53. The van der Waals surface area contributed by atoms with E-state index >= 15 is 0 Å². The van der Waals surface area contributed by atoms with Gasteiger partial charge < -0.3 is 9.50 Å². The van der Waals surface area contributed by atoms with Gasteiger partial charge in [-0.3, -0.25) is 13.9 Å². The first kappa shape index (κ1) is 24.1. The van der Waals surface area contributed by atoms with E-state index in [-0.39, 0.29) is 28.8 Å². The largest absolute Gasteiger partial charge is 0.383 e. The normalized spacial score (nSPS) is 17.1. The van der Waals surface area contributed by atoms with Gasteiger partial charge in [-0.2, -0.15) is 8.42 Å². The van der Waals surface area contributed by atoms with Gasteiger partial charge in [-0.15, -0.1) is 0 Å². The van der Waals surface area contributed by atoms with Gasteiger partial charge in [-0.1, -0.05) is 67.1 Å². The first-order valence-corrected chi connectivity index (χ1v) is 13.4. The number of hydrogen-bond donors (Lipinski definition) is 3. The lowest BCUT2D eigenvalue weighted by molar-refractivity contribution is -0.123. The van der Waals surface area contributed by atoms with E-state index in [1.54, 1.807) is 48.5 Å². The molecule has 0 saturated carbocycles. The molecule has 0 unspecified atom stereocenters. The lowest BCUT2D eigenvalue weighted by Crippen LogP contribution is -2.34. The third-order valence-corrected chi connectivity index (χ3v) is 7.11. The Morgan fingerprint density at radius 1 is 1.06 bits per heavy atom. The zero-order valence-electron chi connectivity index (χ0n) is 18.2. The second-order valence-corrected chi connectivity index (χ2v) is 11.4. The minimum absolute atomic E-state index is 0.0640. The maximum absolute atomic E-state index is 13.1. The van der Waals surface area contributed by atoms with Crippen LogP contribution in [0, 0.1) is 5.92 Å². The first-order valence-electron chi connectivity index (χ1n) is 10.1. The van der Waals surface area contributed by atoms with Crippen molar-refractivity contribution in [3.8, 4) is 5.75 Å². The summed E-state index contributed by atoms with van der Waals surface area (Å²) in [5.74, 6) is -0.147. The summed E-state index contributed by atoms with van der Waals surface area (Å²) in [7, 11) is -7.05. The molecule has 174 valence electrons. The van der Waals surface area contributed by atoms with Crippen molar-refractivity contribution in [3.05, 3.63) is 71.4 Å². The molecule has 1 aliphatic rings. The van der Waals surface area contributed by atoms with Crippen LogP contribution in [0.15, 0.2) is 60.3 Å². The van der Waals surface area contributed by atoms with Gasteiger partial charge in [-0.05, 0) is 30.0 Å². The predicted octanol–water partition coefficient (Wildman–Crippen LogP) is 3.69. The van der Waals surface area contributed by atoms with Crippen molar-refractivity contribution >= 4 is 31.7 Å². The summed E-state index contributed by atoms with van der Waals surface area (Å²) in [5.41, 5.74) is 1.67. The summed E-state index contributed by atoms with van der Waals surface area (Å²) in [6.07, 6.45) is 1.51. The molecule has 0 bridgehead atoms. The van der Waals surface area contributed by atoms with E-state index in [1.807, 2.05) is 19.9 Å². The molecule has 0 saturated heterocycles. The summed E-state index contributed by atoms with van der Waals surface area (Å²) in [5, 5.41) is 3.10. The van der Waals surface area contributed by atoms with E-state index in [9.17, 15) is 22.3 Å². The van der Waals surface area contributed by atoms with Crippen molar-refractivity contribution in [3.63, 3.8) is 0 Å². The number of benzene rings is 2. The summed E-state index contributed by atoms with van der Waals surface area (Å²) in [6.45, 7) is 4.42. The van der Waals surface area contributed by atoms with Crippen LogP contribution in [0.2, 0.25) is 0 Å². The number of rotatable bonds is 9. The summed E-state index contributed by atoms with van der Waals surface area (Å²) in [4.78, 5) is 13.3. The van der Waals surface area contributed by atoms with Crippen LogP contribution in [0.5, 0.6) is 5.75 Å². The first-order chi connectivity index (χ1) is 15.0. The zero-order valence-corrected chi connectivity index (χ0v) is 19.8. The highest BCUT2D eigenvalue weighted by Gasteiger charge is 2.44. The molecule has 2 aromatic rings. The van der Waals surface area contributed by atoms with Crippen LogP contribution in [0.25, 0.3) is 4.91 Å². The summed E-state index contributed by atoms with van der Waals surface area (Å²) in [6, 6.07) is 15.5. The molecule has 0 aromatic heterocycles. The highest BCUT2D eigenvalue weighted by Crippen LogP contribution is 2.61. The van der Waals surface area contributed by atoms with Gasteiger partial charge in [0.15, 0.2) is 0 Å². The molecule has 10 heteroatoms. The van der Waals surface area contributed by atoms with E-state index in [2.05, 4.69) is 5.32 Å². The molecule has 0 atom stereocenters. The average molecular weight is 481 g/mol. The maximum atomic E-state index is 13.1. The molecule has 0 fully saturated rings. The predicted molar refractivity (Wildman–Crippen MR) is 126 cm³/mol. The maximum Gasteiger partial charge on any atom is 0.306 e. The van der Waals surface area contributed by atoms with Crippen LogP contribution >= 0.6 is 10.8 Å². The molecule has 3 N–H and O–H groups in total. The minimum atomic E-state index is -3.59. The topological polar surface area (TPSA) is 116 Å². The summed E-state index contributed by atoms with van der Waals surface area (Å²) >= 11 is 0. The van der Waals surface area contributed by atoms with E-state index in [4.69, 9.17) is 4.18 Å². The molecule has 0 aliphatic carbocycles. The van der Waals surface area contributed by atoms with Crippen LogP contribution in [0.4, 0.5) is 0 Å². The molecule has 3 rings (SSSR count). The fourth-order valence-corrected chi connectivity index (χ4v) is 5.76. The lowest BCUT2D eigenvalue weighted by atomic mass is 10.1. The van der Waals surface area contributed by atoms with Crippen LogP contribution in [-0.4, -0.2) is 47.1 Å². The number of hydrogen-bond acceptors (Lipinski definition) is 7. The Labute approximate surface area is 190 Å². The van der Waals surface area contributed by atoms with Gasteiger partial charge in [0, 0.05) is 18.7 Å². The van der Waals surface area contributed by atoms with E-state index in [0.717, 1.165) is 16.1 Å². The van der Waals surface area contributed by atoms with Crippen LogP contribution in [-0.2, 0) is 21.3 Å². The van der Waals surface area contributed by atoms with Crippen molar-refractivity contribution in [1.82, 2.24) is 9.62 Å². The van der Waals surface area contributed by atoms with E-state index in [1.165, 1.54) is 0 Å². The lowest BCUT2D eigenvalue weighted by Gasteiger charge is -2.39. The van der Waals surface area contributed by atoms with E-state index < -0.39 is 26.8 Å². The molecule has 1 heterocycles. The summed E-state index contributed by atoms with van der Waals surface area (Å²) < 4.78 is 50.4. The molecule has 0 radical (unpaired) electrons. The van der Waals surface area contributed by atoms with Crippen molar-refractivity contribution in [2.45, 2.75) is 20.3 Å². The van der Waals surface area contributed by atoms with Crippen molar-refractivity contribution < 1.29 is 26.5 Å². The van der Waals surface area contributed by atoms with Crippen molar-refractivity contribution in [2.24, 2.45) is 5.92 Å². The number of carbonyl (C=O) groups is 1. The van der Waals surface area contributed by atoms with Gasteiger partial charge >= 0.3 is 10.1 Å². The number of amides is 1. The van der Waals surface area contributed by atoms with Gasteiger partial charge in [-0.25, -0.2) is 4.31 Å². The average Bonchev–Trinajstić information content (AvgIpc) is 2.88. The Balaban J connectivity index is 1.79. The monoisotopic (exact) mass is 480 g/mol. The highest BCUT2D eigenvalue weighted by molar-refractivity contribution is 8.31. The van der Waals surface area contributed by atoms with Crippen LogP contribution in [0.3, 0.4) is 0 Å². The Morgan fingerprint density at radius 3 is 2.25 bits per heavy atom. The molecule has 0 spiro atoms. The van der Waals surface area contributed by atoms with Gasteiger partial charge in [0.2, 0.25) is 0 Å². The standard InChI is InChI=1S/C22H28N2O6S2/c1-16(2)15-24-22(25)20(21(32(24,28)29)18-7-5-4-6-8-18)23-14-13-17-9-11-19(12-10-17)30-31(3,26)27/h4-12,16,23,28-29H,13-15H2,1-3H3. The Morgan fingerprint density at radius 2 is 1.69 bits per heavy atom. The third kappa shape index (κ3) is 5.63. The Bertz CT molecular complexity index is 1100. The third-order valence-electron chi connectivity index (χ3n) is 4.70. The minimum Gasteiger partial charge on any atom is -0.383 e. The second kappa shape index (κ2) is 9.53. The highest BCUT2D eigenvalue weighted by atomic mass is 32.3. The van der Waals surface area contributed by atoms with Crippen molar-refractivity contribution in [2.75, 3.05) is 19.3 Å². The number of nitrogens with zero attached hydrogens (tertiary/aromatic N) is 1. The quantitative estimate of drug-likeness (QED) is 0.469. The fraction of sp³-hybridized carbons (Fsp3) is 0.318. The van der Waals surface area contributed by atoms with Crippen LogP contribution in [0.1, 0.15) is 25.0 Å². The zero-order chi connectivity index (χ0) is 23.5. The van der Waals surface area contributed by atoms with Gasteiger partial charge in [0.05, 0.1) is 6.26 Å². The van der Waals surface area contributed by atoms with Crippen molar-refractivity contribution in [1.29, 1.82) is 0 Å². The second-order valence-electron chi connectivity index (χ2n) is 7.96. The molecule has 2 aromatic carbocycles. The van der Waals surface area contributed by atoms with Gasteiger partial charge in [0.25, 0.3) is 5.91 Å². The van der Waals surface area contributed by atoms with Gasteiger partial charge in [0.1, 0.15) is 16.4 Å². The molecule has 1 aliphatic heterocycles. The van der Waals surface area contributed by atoms with Crippen LogP contribution < -0.4 is 9.50 Å².